The molecule has 0 N–H and O–H groups in total. The average molecular weight is 387 g/mol. The predicted molar refractivity (Wildman–Crippen MR) is 119 cm³/mol. The normalized spacial score (nSPS) is 16.1. The molecule has 0 saturated carbocycles. The molecule has 3 aromatic carbocycles. The van der Waals surface area contributed by atoms with E-state index < -0.39 is 0 Å². The zero-order chi connectivity index (χ0) is 20.0. The van der Waals surface area contributed by atoms with Crippen LogP contribution in [0.4, 0.5) is 4.39 Å². The molecule has 1 aliphatic heterocycles. The Bertz CT molecular complexity index is 1180. The molecule has 3 heteroatoms. The summed E-state index contributed by atoms with van der Waals surface area (Å²) in [5.41, 5.74) is 5.20. The van der Waals surface area contributed by atoms with Gasteiger partial charge in [0.05, 0.1) is 0 Å². The molecule has 0 aliphatic carbocycles. The Morgan fingerprint density at radius 1 is 1.00 bits per heavy atom. The molecule has 0 amide bonds. The summed E-state index contributed by atoms with van der Waals surface area (Å²) in [6.07, 6.45) is 4.46. The number of likely N-dealkylation sites (tertiary alicyclic amines) is 1. The fourth-order valence-electron chi connectivity index (χ4n) is 5.11. The molecule has 0 unspecified atom stereocenters. The van der Waals surface area contributed by atoms with Crippen molar-refractivity contribution in [3.8, 4) is 0 Å². The number of hydrogen-bond donors (Lipinski definition) is 0. The highest BCUT2D eigenvalue weighted by molar-refractivity contribution is 5.88. The number of aryl methyl sites for hydroxylation is 2. The number of rotatable bonds is 3. The monoisotopic (exact) mass is 386 g/mol. The van der Waals surface area contributed by atoms with Gasteiger partial charge in [0.1, 0.15) is 5.82 Å². The maximum absolute atomic E-state index is 13.8. The molecule has 0 bridgehead atoms. The Hall–Kier alpha value is -2.65. The topological polar surface area (TPSA) is 8.17 Å². The van der Waals surface area contributed by atoms with Gasteiger partial charge in [-0.3, -0.25) is 4.90 Å². The van der Waals surface area contributed by atoms with Crippen LogP contribution in [0.3, 0.4) is 0 Å². The van der Waals surface area contributed by atoms with Gasteiger partial charge in [0, 0.05) is 30.7 Å². The summed E-state index contributed by atoms with van der Waals surface area (Å²) in [6, 6.07) is 18.4. The predicted octanol–water partition coefficient (Wildman–Crippen LogP) is 6.16. The molecule has 5 rings (SSSR count). The molecule has 0 radical (unpaired) electrons. The highest BCUT2D eigenvalue weighted by Crippen LogP contribution is 2.35. The first-order chi connectivity index (χ1) is 14.1. The van der Waals surface area contributed by atoms with E-state index in [-0.39, 0.29) is 5.82 Å². The van der Waals surface area contributed by atoms with Crippen molar-refractivity contribution in [2.75, 3.05) is 13.1 Å². The summed E-state index contributed by atoms with van der Waals surface area (Å²) in [4.78, 5) is 2.57. The standard InChI is InChI=1S/C26H27FN2/c1-18-5-3-6-20-7-4-8-21(26(18)20)16-29-13-11-19(12-14-29)24-17-28(2)25-10-9-22(27)15-23(24)25/h3-10,15,17,19H,11-14,16H2,1-2H3. The molecule has 1 fully saturated rings. The second kappa shape index (κ2) is 7.31. The van der Waals surface area contributed by atoms with Crippen molar-refractivity contribution in [1.29, 1.82) is 0 Å². The minimum absolute atomic E-state index is 0.145. The van der Waals surface area contributed by atoms with Crippen molar-refractivity contribution in [3.05, 3.63) is 83.3 Å². The molecule has 1 aromatic heterocycles. The number of benzene rings is 3. The van der Waals surface area contributed by atoms with E-state index in [1.165, 1.54) is 27.5 Å². The molecule has 2 nitrogen and oxygen atoms in total. The van der Waals surface area contributed by atoms with E-state index >= 15 is 0 Å². The van der Waals surface area contributed by atoms with Crippen LogP contribution in [-0.2, 0) is 13.6 Å². The maximum Gasteiger partial charge on any atom is 0.123 e. The molecule has 1 saturated heterocycles. The number of aromatic nitrogens is 1. The van der Waals surface area contributed by atoms with Gasteiger partial charge in [0.2, 0.25) is 0 Å². The molecule has 4 aromatic rings. The zero-order valence-electron chi connectivity index (χ0n) is 17.2. The molecular weight excluding hydrogens is 359 g/mol. The lowest BCUT2D eigenvalue weighted by Gasteiger charge is -2.32. The van der Waals surface area contributed by atoms with Crippen LogP contribution in [0.25, 0.3) is 21.7 Å². The highest BCUT2D eigenvalue weighted by atomic mass is 19.1. The third-order valence-electron chi connectivity index (χ3n) is 6.60. The largest absolute Gasteiger partial charge is 0.350 e. The fraction of sp³-hybridized carbons (Fsp3) is 0.308. The maximum atomic E-state index is 13.8. The Labute approximate surface area is 171 Å². The molecule has 148 valence electrons. The van der Waals surface area contributed by atoms with Gasteiger partial charge in [0.15, 0.2) is 0 Å². The summed E-state index contributed by atoms with van der Waals surface area (Å²) in [5.74, 6) is 0.361. The Balaban J connectivity index is 1.35. The van der Waals surface area contributed by atoms with Crippen LogP contribution in [0.5, 0.6) is 0 Å². The second-order valence-corrected chi connectivity index (χ2v) is 8.50. The first-order valence-electron chi connectivity index (χ1n) is 10.5. The molecule has 29 heavy (non-hydrogen) atoms. The first kappa shape index (κ1) is 18.4. The number of nitrogens with zero attached hydrogens (tertiary/aromatic N) is 2. The van der Waals surface area contributed by atoms with Gasteiger partial charge < -0.3 is 4.57 Å². The van der Waals surface area contributed by atoms with Crippen LogP contribution < -0.4 is 0 Å². The summed E-state index contributed by atoms with van der Waals surface area (Å²) in [5, 5.41) is 3.81. The number of fused-ring (bicyclic) bond motifs is 2. The van der Waals surface area contributed by atoms with Crippen molar-refractivity contribution in [1.82, 2.24) is 9.47 Å². The van der Waals surface area contributed by atoms with Crippen molar-refractivity contribution < 1.29 is 4.39 Å². The van der Waals surface area contributed by atoms with Gasteiger partial charge in [-0.2, -0.15) is 0 Å². The number of halogens is 1. The van der Waals surface area contributed by atoms with Crippen molar-refractivity contribution >= 4 is 21.7 Å². The van der Waals surface area contributed by atoms with E-state index in [0.717, 1.165) is 43.4 Å². The molecular formula is C26H27FN2. The van der Waals surface area contributed by atoms with E-state index in [1.807, 2.05) is 6.07 Å². The van der Waals surface area contributed by atoms with Crippen LogP contribution in [0.1, 0.15) is 35.4 Å². The molecule has 0 spiro atoms. The lowest BCUT2D eigenvalue weighted by molar-refractivity contribution is 0.205. The van der Waals surface area contributed by atoms with E-state index in [9.17, 15) is 4.39 Å². The van der Waals surface area contributed by atoms with Crippen LogP contribution >= 0.6 is 0 Å². The van der Waals surface area contributed by atoms with Gasteiger partial charge in [-0.1, -0.05) is 36.4 Å². The minimum atomic E-state index is -0.145. The third kappa shape index (κ3) is 3.34. The number of piperidine rings is 1. The Morgan fingerprint density at radius 2 is 1.76 bits per heavy atom. The quantitative estimate of drug-likeness (QED) is 0.409. The zero-order valence-corrected chi connectivity index (χ0v) is 17.2. The third-order valence-corrected chi connectivity index (χ3v) is 6.60. The molecule has 0 atom stereocenters. The summed E-state index contributed by atoms with van der Waals surface area (Å²) < 4.78 is 16.0. The Kier molecular flexibility index (Phi) is 4.63. The van der Waals surface area contributed by atoms with Crippen LogP contribution in [0.15, 0.2) is 60.8 Å². The van der Waals surface area contributed by atoms with E-state index in [0.29, 0.717) is 5.92 Å². The Morgan fingerprint density at radius 3 is 2.55 bits per heavy atom. The second-order valence-electron chi connectivity index (χ2n) is 8.50. The summed E-state index contributed by atoms with van der Waals surface area (Å²) in [6.45, 7) is 5.37. The smallest absolute Gasteiger partial charge is 0.123 e. The number of hydrogen-bond acceptors (Lipinski definition) is 1. The van der Waals surface area contributed by atoms with Crippen LogP contribution in [0, 0.1) is 12.7 Å². The summed E-state index contributed by atoms with van der Waals surface area (Å²) in [7, 11) is 2.06. The van der Waals surface area contributed by atoms with Gasteiger partial charge >= 0.3 is 0 Å². The van der Waals surface area contributed by atoms with E-state index in [2.05, 4.69) is 66.0 Å². The minimum Gasteiger partial charge on any atom is -0.350 e. The van der Waals surface area contributed by atoms with Gasteiger partial charge in [-0.15, -0.1) is 0 Å². The van der Waals surface area contributed by atoms with Crippen molar-refractivity contribution in [3.63, 3.8) is 0 Å². The van der Waals surface area contributed by atoms with Gasteiger partial charge in [-0.05, 0) is 84.4 Å². The highest BCUT2D eigenvalue weighted by Gasteiger charge is 2.24. The van der Waals surface area contributed by atoms with Crippen LogP contribution in [-0.4, -0.2) is 22.6 Å². The fourth-order valence-corrected chi connectivity index (χ4v) is 5.11. The lowest BCUT2D eigenvalue weighted by atomic mass is 9.89. The average Bonchev–Trinajstić information content (AvgIpc) is 3.04. The molecule has 1 aliphatic rings. The van der Waals surface area contributed by atoms with Crippen molar-refractivity contribution in [2.45, 2.75) is 32.2 Å². The first-order valence-corrected chi connectivity index (χ1v) is 10.5. The molecule has 2 heterocycles. The van der Waals surface area contributed by atoms with Crippen LogP contribution in [0.2, 0.25) is 0 Å². The van der Waals surface area contributed by atoms with E-state index in [1.54, 1.807) is 12.1 Å². The SMILES string of the molecule is Cc1cccc2cccc(CN3CCC(c4cn(C)c5ccc(F)cc45)CC3)c12. The van der Waals surface area contributed by atoms with Gasteiger partial charge in [0.25, 0.3) is 0 Å². The summed E-state index contributed by atoms with van der Waals surface area (Å²) >= 11 is 0. The van der Waals surface area contributed by atoms with Gasteiger partial charge in [-0.25, -0.2) is 4.39 Å². The van der Waals surface area contributed by atoms with Crippen molar-refractivity contribution in [2.24, 2.45) is 7.05 Å². The van der Waals surface area contributed by atoms with E-state index in [4.69, 9.17) is 0 Å². The lowest BCUT2D eigenvalue weighted by Crippen LogP contribution is -2.32.